The highest BCUT2D eigenvalue weighted by Gasteiger charge is 2.29. The van der Waals surface area contributed by atoms with Gasteiger partial charge in [0.2, 0.25) is 0 Å². The molecule has 2 aromatic rings. The van der Waals surface area contributed by atoms with Gasteiger partial charge in [-0.1, -0.05) is 37.8 Å². The molecular formula is C27H40N4O4S. The quantitative estimate of drug-likeness (QED) is 0.496. The average molecular weight is 517 g/mol. The molecule has 1 saturated carbocycles. The molecule has 9 heteroatoms. The fourth-order valence-electron chi connectivity index (χ4n) is 5.38. The van der Waals surface area contributed by atoms with Crippen LogP contribution in [0.1, 0.15) is 49.8 Å². The fourth-order valence-corrected chi connectivity index (χ4v) is 6.45. The molecule has 2 N–H and O–H groups in total. The van der Waals surface area contributed by atoms with Crippen molar-refractivity contribution in [3.8, 4) is 17.1 Å². The van der Waals surface area contributed by atoms with E-state index in [9.17, 15) is 13.5 Å². The highest BCUT2D eigenvalue weighted by molar-refractivity contribution is 7.91. The second-order valence-electron chi connectivity index (χ2n) is 10.4. The lowest BCUT2D eigenvalue weighted by Gasteiger charge is -2.33. The lowest BCUT2D eigenvalue weighted by molar-refractivity contribution is 0.108. The maximum absolute atomic E-state index is 12.1. The number of nitrogens with zero attached hydrogens (tertiary/aromatic N) is 3. The molecular weight excluding hydrogens is 476 g/mol. The molecule has 2 fully saturated rings. The van der Waals surface area contributed by atoms with Gasteiger partial charge < -0.3 is 20.1 Å². The van der Waals surface area contributed by atoms with E-state index in [-0.39, 0.29) is 11.9 Å². The van der Waals surface area contributed by atoms with Crippen LogP contribution in [-0.2, 0) is 16.3 Å². The van der Waals surface area contributed by atoms with Crippen LogP contribution in [0.3, 0.4) is 0 Å². The molecule has 0 radical (unpaired) electrons. The van der Waals surface area contributed by atoms with Crippen LogP contribution in [0.5, 0.6) is 5.75 Å². The zero-order chi connectivity index (χ0) is 25.7. The standard InChI is InChI=1S/C27H40N4O4S/c1-19-25(15-20-7-4-5-8-20)29-26(21-9-6-10-23(16-21)35-18-22(32)17-28-2)30-27(19)31-13-11-24(12-14-31)36(3,33)34/h6,9-10,16,20,22,24,28,32H,4-5,7-8,11-15,17-18H2,1-3H3. The number of aromatic nitrogens is 2. The van der Waals surface area contributed by atoms with Gasteiger partial charge in [0.1, 0.15) is 34.1 Å². The highest BCUT2D eigenvalue weighted by atomic mass is 32.2. The van der Waals surface area contributed by atoms with Gasteiger partial charge in [-0.25, -0.2) is 18.4 Å². The Morgan fingerprint density at radius 2 is 1.89 bits per heavy atom. The first kappa shape index (κ1) is 26.8. The summed E-state index contributed by atoms with van der Waals surface area (Å²) in [6.07, 6.45) is 7.99. The first-order chi connectivity index (χ1) is 17.2. The summed E-state index contributed by atoms with van der Waals surface area (Å²) in [6, 6.07) is 7.71. The Hall–Kier alpha value is -2.23. The first-order valence-corrected chi connectivity index (χ1v) is 15.1. The number of hydrogen-bond donors (Lipinski definition) is 2. The molecule has 0 bridgehead atoms. The topological polar surface area (TPSA) is 105 Å². The van der Waals surface area contributed by atoms with Crippen molar-refractivity contribution >= 4 is 15.7 Å². The third-order valence-electron chi connectivity index (χ3n) is 7.50. The highest BCUT2D eigenvalue weighted by Crippen LogP contribution is 2.33. The number of hydrogen-bond acceptors (Lipinski definition) is 8. The van der Waals surface area contributed by atoms with Crippen LogP contribution in [0.2, 0.25) is 0 Å². The van der Waals surface area contributed by atoms with Crippen LogP contribution in [0, 0.1) is 12.8 Å². The number of benzene rings is 1. The summed E-state index contributed by atoms with van der Waals surface area (Å²) >= 11 is 0. The van der Waals surface area contributed by atoms with Crippen molar-refractivity contribution < 1.29 is 18.3 Å². The second kappa shape index (κ2) is 11.9. The molecule has 1 saturated heterocycles. The molecule has 1 unspecified atom stereocenters. The Kier molecular flexibility index (Phi) is 8.85. The Bertz CT molecular complexity index is 1130. The molecule has 36 heavy (non-hydrogen) atoms. The largest absolute Gasteiger partial charge is 0.491 e. The molecule has 2 aliphatic rings. The third kappa shape index (κ3) is 6.75. The van der Waals surface area contributed by atoms with E-state index in [2.05, 4.69) is 17.1 Å². The molecule has 1 aromatic carbocycles. The number of nitrogens with one attached hydrogen (secondary N) is 1. The van der Waals surface area contributed by atoms with Crippen LogP contribution >= 0.6 is 0 Å². The number of sulfone groups is 1. The summed E-state index contributed by atoms with van der Waals surface area (Å²) in [4.78, 5) is 12.3. The summed E-state index contributed by atoms with van der Waals surface area (Å²) in [5.41, 5.74) is 3.06. The van der Waals surface area contributed by atoms with Gasteiger partial charge in [0, 0.05) is 42.7 Å². The van der Waals surface area contributed by atoms with Crippen molar-refractivity contribution in [3.63, 3.8) is 0 Å². The lowest BCUT2D eigenvalue weighted by atomic mass is 9.98. The molecule has 0 amide bonds. The van der Waals surface area contributed by atoms with E-state index in [1.807, 2.05) is 24.3 Å². The van der Waals surface area contributed by atoms with Crippen LogP contribution in [0.15, 0.2) is 24.3 Å². The van der Waals surface area contributed by atoms with E-state index < -0.39 is 15.9 Å². The number of aliphatic hydroxyl groups is 1. The summed E-state index contributed by atoms with van der Waals surface area (Å²) in [7, 11) is -1.24. The average Bonchev–Trinajstić information content (AvgIpc) is 3.37. The maximum Gasteiger partial charge on any atom is 0.161 e. The van der Waals surface area contributed by atoms with Gasteiger partial charge in [-0.3, -0.25) is 0 Å². The minimum atomic E-state index is -3.03. The number of aliphatic hydroxyl groups excluding tert-OH is 1. The van der Waals surface area contributed by atoms with E-state index in [0.717, 1.165) is 29.1 Å². The van der Waals surface area contributed by atoms with E-state index in [1.54, 1.807) is 7.05 Å². The van der Waals surface area contributed by atoms with Crippen molar-refractivity contribution in [1.29, 1.82) is 0 Å². The van der Waals surface area contributed by atoms with Crippen molar-refractivity contribution in [2.24, 2.45) is 5.92 Å². The third-order valence-corrected chi connectivity index (χ3v) is 9.18. The summed E-state index contributed by atoms with van der Waals surface area (Å²) in [6.45, 7) is 4.11. The molecule has 1 aliphatic carbocycles. The van der Waals surface area contributed by atoms with Crippen LogP contribution in [0.4, 0.5) is 5.82 Å². The van der Waals surface area contributed by atoms with Crippen LogP contribution in [-0.4, -0.2) is 74.4 Å². The van der Waals surface area contributed by atoms with Gasteiger partial charge in [-0.05, 0) is 51.3 Å². The molecule has 0 spiro atoms. The van der Waals surface area contributed by atoms with Gasteiger partial charge in [-0.15, -0.1) is 0 Å². The molecule has 1 aliphatic heterocycles. The smallest absolute Gasteiger partial charge is 0.161 e. The molecule has 8 nitrogen and oxygen atoms in total. The molecule has 198 valence electrons. The van der Waals surface area contributed by atoms with Crippen LogP contribution in [0.25, 0.3) is 11.4 Å². The summed E-state index contributed by atoms with van der Waals surface area (Å²) in [5.74, 6) is 2.89. The number of anilines is 1. The van der Waals surface area contributed by atoms with Crippen molar-refractivity contribution in [2.45, 2.75) is 63.2 Å². The number of ether oxygens (including phenoxy) is 1. The number of piperidine rings is 1. The number of likely N-dealkylation sites (N-methyl/N-ethyl adjacent to an activating group) is 1. The molecule has 2 heterocycles. The van der Waals surface area contributed by atoms with E-state index >= 15 is 0 Å². The van der Waals surface area contributed by atoms with Crippen molar-refractivity contribution in [1.82, 2.24) is 15.3 Å². The molecule has 1 aromatic heterocycles. The van der Waals surface area contributed by atoms with E-state index in [1.165, 1.54) is 31.9 Å². The minimum absolute atomic E-state index is 0.201. The first-order valence-electron chi connectivity index (χ1n) is 13.1. The van der Waals surface area contributed by atoms with Gasteiger partial charge >= 0.3 is 0 Å². The summed E-state index contributed by atoms with van der Waals surface area (Å²) < 4.78 is 30.0. The monoisotopic (exact) mass is 516 g/mol. The predicted octanol–water partition coefficient (Wildman–Crippen LogP) is 3.16. The van der Waals surface area contributed by atoms with Crippen molar-refractivity contribution in [2.75, 3.05) is 44.4 Å². The zero-order valence-electron chi connectivity index (χ0n) is 21.7. The Morgan fingerprint density at radius 3 is 2.56 bits per heavy atom. The lowest BCUT2D eigenvalue weighted by Crippen LogP contribution is -2.40. The number of rotatable bonds is 10. The van der Waals surface area contributed by atoms with E-state index in [0.29, 0.717) is 50.0 Å². The zero-order valence-corrected chi connectivity index (χ0v) is 22.6. The van der Waals surface area contributed by atoms with Crippen LogP contribution < -0.4 is 15.0 Å². The Balaban J connectivity index is 1.62. The molecule has 4 rings (SSSR count). The maximum atomic E-state index is 12.1. The molecule has 1 atom stereocenters. The SMILES string of the molecule is CNCC(O)COc1cccc(-c2nc(CC3CCCC3)c(C)c(N3CCC(S(C)(=O)=O)CC3)n2)c1. The Labute approximate surface area is 215 Å². The van der Waals surface area contributed by atoms with Gasteiger partial charge in [-0.2, -0.15) is 0 Å². The Morgan fingerprint density at radius 1 is 1.17 bits per heavy atom. The van der Waals surface area contributed by atoms with Crippen molar-refractivity contribution in [3.05, 3.63) is 35.5 Å². The minimum Gasteiger partial charge on any atom is -0.491 e. The fraction of sp³-hybridized carbons (Fsp3) is 0.630. The van der Waals surface area contributed by atoms with E-state index in [4.69, 9.17) is 14.7 Å². The van der Waals surface area contributed by atoms with Gasteiger partial charge in [0.05, 0.1) is 5.25 Å². The van der Waals surface area contributed by atoms with Gasteiger partial charge in [0.15, 0.2) is 5.82 Å². The normalized spacial score (nSPS) is 18.5. The predicted molar refractivity (Wildman–Crippen MR) is 143 cm³/mol. The second-order valence-corrected chi connectivity index (χ2v) is 12.7. The van der Waals surface area contributed by atoms with Gasteiger partial charge in [0.25, 0.3) is 0 Å². The summed E-state index contributed by atoms with van der Waals surface area (Å²) in [5, 5.41) is 12.7.